The predicted molar refractivity (Wildman–Crippen MR) is 271 cm³/mol. The Morgan fingerprint density at radius 3 is 2.39 bits per heavy atom. The number of nitriles is 1. The lowest BCUT2D eigenvalue weighted by Crippen LogP contribution is -2.58. The minimum atomic E-state index is -0.968. The van der Waals surface area contributed by atoms with Crippen molar-refractivity contribution in [3.63, 3.8) is 0 Å². The second kappa shape index (κ2) is 22.2. The molecule has 20 heteroatoms. The average molecular weight is 1000 g/mol. The number of hydrogen-bond acceptors (Lipinski definition) is 15. The van der Waals surface area contributed by atoms with E-state index in [1.54, 1.807) is 39.5 Å². The molecule has 2 aliphatic rings. The molecule has 4 amide bonds. The van der Waals surface area contributed by atoms with Crippen LogP contribution in [-0.2, 0) is 23.9 Å². The van der Waals surface area contributed by atoms with Crippen LogP contribution in [-0.4, -0.2) is 114 Å². The molecular weight excluding hydrogens is 941 g/mol. The number of aryl methyl sites for hydroxylation is 1. The Bertz CT molecular complexity index is 2910. The normalized spacial score (nSPS) is 18.9. The van der Waals surface area contributed by atoms with E-state index in [1.807, 2.05) is 89.6 Å². The van der Waals surface area contributed by atoms with Crippen molar-refractivity contribution < 1.29 is 29.0 Å². The van der Waals surface area contributed by atoms with Gasteiger partial charge in [-0.3, -0.25) is 24.2 Å². The number of ether oxygens (including phenoxy) is 1. The van der Waals surface area contributed by atoms with Crippen molar-refractivity contribution in [2.75, 3.05) is 32.1 Å². The number of thiazole rings is 1. The highest BCUT2D eigenvalue weighted by molar-refractivity contribution is 7.14. The van der Waals surface area contributed by atoms with Crippen LogP contribution in [0.1, 0.15) is 106 Å². The van der Waals surface area contributed by atoms with Gasteiger partial charge in [-0.05, 0) is 80.3 Å². The Morgan fingerprint density at radius 1 is 0.958 bits per heavy atom. The number of hydrogen-bond donors (Lipinski definition) is 5. The summed E-state index contributed by atoms with van der Waals surface area (Å²) >= 11 is 3.12. The summed E-state index contributed by atoms with van der Waals surface area (Å²) in [6.45, 7) is 9.51. The van der Waals surface area contributed by atoms with Crippen LogP contribution in [0.5, 0.6) is 0 Å². The first-order chi connectivity index (χ1) is 34.1. The van der Waals surface area contributed by atoms with Gasteiger partial charge in [0.05, 0.1) is 75.7 Å². The van der Waals surface area contributed by atoms with Crippen molar-refractivity contribution in [3.05, 3.63) is 88.3 Å². The number of carbonyl (C=O) groups excluding carboxylic acids is 4. The lowest BCUT2D eigenvalue weighted by molar-refractivity contribution is -0.144. The molecule has 1 saturated carbocycles. The van der Waals surface area contributed by atoms with E-state index in [4.69, 9.17) is 9.72 Å². The van der Waals surface area contributed by atoms with E-state index in [0.717, 1.165) is 85.6 Å². The molecule has 1 saturated heterocycles. The molecule has 0 unspecified atom stereocenters. The quantitative estimate of drug-likeness (QED) is 0.0609. The van der Waals surface area contributed by atoms with Crippen LogP contribution in [0.4, 0.5) is 5.69 Å². The molecule has 0 bridgehead atoms. The number of nitrogens with zero attached hydrogens (tertiary/aromatic N) is 8. The van der Waals surface area contributed by atoms with Gasteiger partial charge in [0, 0.05) is 56.7 Å². The smallest absolute Gasteiger partial charge is 0.246 e. The number of aliphatic hydroxyl groups is 1. The number of aliphatic hydroxyl groups excluding tert-OH is 1. The van der Waals surface area contributed by atoms with Crippen LogP contribution in [0, 0.1) is 23.7 Å². The van der Waals surface area contributed by atoms with E-state index in [9.17, 15) is 29.5 Å². The Kier molecular flexibility index (Phi) is 15.8. The van der Waals surface area contributed by atoms with Gasteiger partial charge in [-0.15, -0.1) is 21.5 Å². The van der Waals surface area contributed by atoms with Crippen molar-refractivity contribution in [1.82, 2.24) is 50.6 Å². The number of benzene rings is 1. The molecule has 372 valence electrons. The van der Waals surface area contributed by atoms with Crippen molar-refractivity contribution >= 4 is 57.5 Å². The first kappa shape index (κ1) is 50.7. The number of nitrogens with one attached hydrogen (secondary N) is 4. The molecule has 4 atom stereocenters. The van der Waals surface area contributed by atoms with Gasteiger partial charge in [0.25, 0.3) is 0 Å². The maximum Gasteiger partial charge on any atom is 0.246 e. The van der Waals surface area contributed by atoms with Crippen LogP contribution < -0.4 is 21.3 Å². The SMILES string of the molecule is CNc1cc(-c2ccc3cc(C#N)cnn23)ncc1-c1nnc(C2CCC(NC(=O)CCOCCC(=O)N[C@H](C(=O)N3C[C@H](O)C[C@H]3C(=O)N[C@@H](C)c3ccc(-c4scnc4C)cc3)C(C)(C)C)CC2)s1. The second-order valence-corrected chi connectivity index (χ2v) is 21.2. The monoisotopic (exact) mass is 1000 g/mol. The van der Waals surface area contributed by atoms with Gasteiger partial charge in [0.15, 0.2) is 5.01 Å². The Balaban J connectivity index is 0.753. The van der Waals surface area contributed by atoms with Gasteiger partial charge in [0.1, 0.15) is 23.2 Å². The minimum Gasteiger partial charge on any atom is -0.391 e. The van der Waals surface area contributed by atoms with Crippen LogP contribution in [0.2, 0.25) is 0 Å². The standard InChI is InChI=1S/C51H60N12O6S2/c1-29(32-7-9-33(10-8-32)45-30(2)55-28-70-45)57-47(67)42-22-37(64)27-62(42)50(68)46(51(3,4)5)59-44(66)18-20-69-19-17-43(65)58-35-13-11-34(12-14-35)48-60-61-49(71-48)38-26-54-40(23-39(38)53-6)41-16-15-36-21-31(24-52)25-56-63(36)41/h7-10,15-16,21,23,25-26,28-29,34-35,37,42,46,64H,11-14,17-20,22,27H2,1-6H3,(H,53,54)(H,57,67)(H,58,65)(H,59,66)/t29-,34?,35?,37+,42-,46+/m0/s1. The number of amides is 4. The van der Waals surface area contributed by atoms with Crippen LogP contribution in [0.3, 0.4) is 0 Å². The zero-order chi connectivity index (χ0) is 50.4. The number of fused-ring (bicyclic) bond motifs is 1. The molecule has 71 heavy (non-hydrogen) atoms. The third-order valence-corrected chi connectivity index (χ3v) is 15.3. The van der Waals surface area contributed by atoms with Gasteiger partial charge < -0.3 is 36.0 Å². The van der Waals surface area contributed by atoms with Crippen LogP contribution in [0.15, 0.2) is 66.4 Å². The lowest BCUT2D eigenvalue weighted by atomic mass is 9.85. The van der Waals surface area contributed by atoms with Crippen LogP contribution >= 0.6 is 22.7 Å². The maximum absolute atomic E-state index is 14.1. The molecule has 18 nitrogen and oxygen atoms in total. The molecule has 5 N–H and O–H groups in total. The third kappa shape index (κ3) is 11.9. The summed E-state index contributed by atoms with van der Waals surface area (Å²) in [5.74, 6) is -1.12. The van der Waals surface area contributed by atoms with Crippen molar-refractivity contribution in [2.24, 2.45) is 5.41 Å². The largest absolute Gasteiger partial charge is 0.391 e. The van der Waals surface area contributed by atoms with Gasteiger partial charge in [0.2, 0.25) is 23.6 Å². The highest BCUT2D eigenvalue weighted by atomic mass is 32.1. The minimum absolute atomic E-state index is 0.0271. The maximum atomic E-state index is 14.1. The van der Waals surface area contributed by atoms with E-state index >= 15 is 0 Å². The zero-order valence-electron chi connectivity index (χ0n) is 40.8. The average Bonchev–Trinajstić information content (AvgIpc) is 4.20. The Labute approximate surface area is 420 Å². The summed E-state index contributed by atoms with van der Waals surface area (Å²) in [5.41, 5.74) is 8.51. The summed E-state index contributed by atoms with van der Waals surface area (Å²) in [6, 6.07) is 15.4. The molecule has 6 heterocycles. The van der Waals surface area contributed by atoms with E-state index < -0.39 is 35.4 Å². The van der Waals surface area contributed by atoms with E-state index in [-0.39, 0.29) is 68.8 Å². The highest BCUT2D eigenvalue weighted by Crippen LogP contribution is 2.39. The molecule has 1 aromatic carbocycles. The number of aromatic nitrogens is 6. The zero-order valence-corrected chi connectivity index (χ0v) is 42.4. The highest BCUT2D eigenvalue weighted by Gasteiger charge is 2.44. The first-order valence-corrected chi connectivity index (χ1v) is 25.6. The molecule has 8 rings (SSSR count). The molecule has 0 radical (unpaired) electrons. The summed E-state index contributed by atoms with van der Waals surface area (Å²) in [6.07, 6.45) is 5.95. The molecule has 0 spiro atoms. The van der Waals surface area contributed by atoms with E-state index in [2.05, 4.69) is 47.6 Å². The predicted octanol–water partition coefficient (Wildman–Crippen LogP) is 6.57. The van der Waals surface area contributed by atoms with Crippen molar-refractivity contribution in [1.29, 1.82) is 5.26 Å². The summed E-state index contributed by atoms with van der Waals surface area (Å²) < 4.78 is 7.46. The van der Waals surface area contributed by atoms with Gasteiger partial charge >= 0.3 is 0 Å². The van der Waals surface area contributed by atoms with Crippen LogP contribution in [0.25, 0.3) is 37.9 Å². The number of likely N-dealkylation sites (tertiary alicyclic amines) is 1. The second-order valence-electron chi connectivity index (χ2n) is 19.3. The van der Waals surface area contributed by atoms with Crippen molar-refractivity contribution in [2.45, 2.75) is 116 Å². The fourth-order valence-electron chi connectivity index (χ4n) is 9.20. The summed E-state index contributed by atoms with van der Waals surface area (Å²) in [5, 5.41) is 47.4. The lowest BCUT2D eigenvalue weighted by Gasteiger charge is -2.35. The number of rotatable bonds is 17. The summed E-state index contributed by atoms with van der Waals surface area (Å²) in [4.78, 5) is 65.4. The first-order valence-electron chi connectivity index (χ1n) is 24.0. The Morgan fingerprint density at radius 2 is 1.70 bits per heavy atom. The van der Waals surface area contributed by atoms with Gasteiger partial charge in [-0.1, -0.05) is 56.4 Å². The van der Waals surface area contributed by atoms with Gasteiger partial charge in [-0.2, -0.15) is 10.4 Å². The van der Waals surface area contributed by atoms with E-state index in [0.29, 0.717) is 5.56 Å². The summed E-state index contributed by atoms with van der Waals surface area (Å²) in [7, 11) is 1.85. The molecule has 1 aliphatic heterocycles. The Hall–Kier alpha value is -6.66. The number of β-amino-alcohol motifs (C(OH)–C–C–N with tert-alkyl or cyclic N) is 1. The molecular formula is C51H60N12O6S2. The van der Waals surface area contributed by atoms with E-state index in [1.165, 1.54) is 11.1 Å². The number of pyridine rings is 1. The molecule has 5 aromatic heterocycles. The molecule has 1 aliphatic carbocycles. The van der Waals surface area contributed by atoms with Gasteiger partial charge in [-0.25, -0.2) is 9.50 Å². The third-order valence-electron chi connectivity index (χ3n) is 13.2. The number of carbonyl (C=O) groups is 4. The molecule has 6 aromatic rings. The fraction of sp³-hybridized carbons (Fsp3) is 0.451. The fourth-order valence-corrected chi connectivity index (χ4v) is 11.0. The number of anilines is 1. The van der Waals surface area contributed by atoms with Crippen molar-refractivity contribution in [3.8, 4) is 38.5 Å². The topological polar surface area (TPSA) is 242 Å². The molecule has 2 fully saturated rings.